The predicted molar refractivity (Wildman–Crippen MR) is 100 cm³/mol. The highest BCUT2D eigenvalue weighted by atomic mass is 19.1. The van der Waals surface area contributed by atoms with E-state index < -0.39 is 5.54 Å². The van der Waals surface area contributed by atoms with Crippen LogP contribution in [0.2, 0.25) is 0 Å². The zero-order valence-corrected chi connectivity index (χ0v) is 14.7. The van der Waals surface area contributed by atoms with Gasteiger partial charge in [0.25, 0.3) is 5.91 Å². The molecule has 1 amide bonds. The Balaban J connectivity index is 1.47. The van der Waals surface area contributed by atoms with Crippen molar-refractivity contribution in [3.05, 3.63) is 90.0 Å². The first-order valence-corrected chi connectivity index (χ1v) is 8.91. The molecular weight excluding hydrogens is 343 g/mol. The van der Waals surface area contributed by atoms with Gasteiger partial charge in [0.1, 0.15) is 17.3 Å². The van der Waals surface area contributed by atoms with Gasteiger partial charge in [-0.3, -0.25) is 9.78 Å². The number of benzene rings is 2. The van der Waals surface area contributed by atoms with Crippen LogP contribution >= 0.6 is 0 Å². The van der Waals surface area contributed by atoms with Crippen LogP contribution in [0.25, 0.3) is 0 Å². The molecule has 1 fully saturated rings. The van der Waals surface area contributed by atoms with E-state index in [2.05, 4.69) is 10.3 Å². The lowest BCUT2D eigenvalue weighted by Gasteiger charge is -2.43. The minimum absolute atomic E-state index is 0.146. The Labute approximate surface area is 157 Å². The second-order valence-electron chi connectivity index (χ2n) is 6.71. The van der Waals surface area contributed by atoms with Crippen LogP contribution in [0.1, 0.15) is 35.2 Å². The monoisotopic (exact) mass is 362 g/mol. The van der Waals surface area contributed by atoms with E-state index in [9.17, 15) is 9.18 Å². The molecule has 1 aromatic heterocycles. The Morgan fingerprint density at radius 3 is 2.33 bits per heavy atom. The van der Waals surface area contributed by atoms with Crippen LogP contribution in [-0.2, 0) is 5.54 Å². The number of nitrogens with one attached hydrogen (secondary N) is 1. The molecule has 136 valence electrons. The second-order valence-corrected chi connectivity index (χ2v) is 6.71. The number of rotatable bonds is 5. The summed E-state index contributed by atoms with van der Waals surface area (Å²) in [5.74, 6) is 0.853. The van der Waals surface area contributed by atoms with Crippen LogP contribution in [0.15, 0.2) is 73.1 Å². The van der Waals surface area contributed by atoms with Crippen molar-refractivity contribution in [3.8, 4) is 11.5 Å². The number of hydrogen-bond acceptors (Lipinski definition) is 3. The summed E-state index contributed by atoms with van der Waals surface area (Å²) in [6, 6.07) is 17.0. The van der Waals surface area contributed by atoms with Gasteiger partial charge in [-0.2, -0.15) is 0 Å². The molecule has 0 saturated heterocycles. The molecule has 0 spiro atoms. The fourth-order valence-electron chi connectivity index (χ4n) is 3.29. The van der Waals surface area contributed by atoms with Gasteiger partial charge in [-0.25, -0.2) is 4.39 Å². The third-order valence-electron chi connectivity index (χ3n) is 4.94. The molecule has 27 heavy (non-hydrogen) atoms. The molecule has 0 aliphatic heterocycles. The van der Waals surface area contributed by atoms with Crippen LogP contribution in [0.5, 0.6) is 11.5 Å². The number of carbonyl (C=O) groups is 1. The highest BCUT2D eigenvalue weighted by molar-refractivity contribution is 5.95. The lowest BCUT2D eigenvalue weighted by atomic mass is 9.71. The Kier molecular flexibility index (Phi) is 4.59. The van der Waals surface area contributed by atoms with Crippen molar-refractivity contribution < 1.29 is 13.9 Å². The number of ether oxygens (including phenoxy) is 1. The summed E-state index contributed by atoms with van der Waals surface area (Å²) in [4.78, 5) is 16.7. The molecular formula is C22H19FN2O2. The SMILES string of the molecule is O=C(NC1(c2ccc(F)cc2)CCC1)c1ccc(Oc2cccnc2)cc1. The van der Waals surface area contributed by atoms with Gasteiger partial charge in [-0.1, -0.05) is 12.1 Å². The van der Waals surface area contributed by atoms with Crippen molar-refractivity contribution in [3.63, 3.8) is 0 Å². The molecule has 5 heteroatoms. The largest absolute Gasteiger partial charge is 0.456 e. The Morgan fingerprint density at radius 2 is 1.74 bits per heavy atom. The molecule has 4 nitrogen and oxygen atoms in total. The number of hydrogen-bond donors (Lipinski definition) is 1. The molecule has 3 aromatic rings. The maximum absolute atomic E-state index is 13.2. The first-order chi connectivity index (χ1) is 13.1. The maximum Gasteiger partial charge on any atom is 0.251 e. The highest BCUT2D eigenvalue weighted by Crippen LogP contribution is 2.41. The molecule has 0 unspecified atom stereocenters. The van der Waals surface area contributed by atoms with Crippen molar-refractivity contribution in [2.45, 2.75) is 24.8 Å². The third kappa shape index (κ3) is 3.67. The Bertz CT molecular complexity index is 921. The molecule has 0 radical (unpaired) electrons. The minimum atomic E-state index is -0.407. The van der Waals surface area contributed by atoms with Gasteiger partial charge < -0.3 is 10.1 Å². The molecule has 0 bridgehead atoms. The number of halogens is 1. The highest BCUT2D eigenvalue weighted by Gasteiger charge is 2.40. The van der Waals surface area contributed by atoms with Gasteiger partial charge in [0.15, 0.2) is 0 Å². The number of carbonyl (C=O) groups excluding carboxylic acids is 1. The quantitative estimate of drug-likeness (QED) is 0.708. The zero-order valence-electron chi connectivity index (χ0n) is 14.7. The van der Waals surface area contributed by atoms with Crippen molar-refractivity contribution in [1.29, 1.82) is 0 Å². The van der Waals surface area contributed by atoms with E-state index >= 15 is 0 Å². The first-order valence-electron chi connectivity index (χ1n) is 8.91. The van der Waals surface area contributed by atoms with Gasteiger partial charge in [0.05, 0.1) is 11.7 Å². The average Bonchev–Trinajstić information content (AvgIpc) is 2.67. The van der Waals surface area contributed by atoms with Crippen LogP contribution in [-0.4, -0.2) is 10.9 Å². The predicted octanol–water partition coefficient (Wildman–Crippen LogP) is 4.82. The van der Waals surface area contributed by atoms with E-state index in [1.165, 1.54) is 12.1 Å². The van der Waals surface area contributed by atoms with Crippen molar-refractivity contribution in [1.82, 2.24) is 10.3 Å². The summed E-state index contributed by atoms with van der Waals surface area (Å²) < 4.78 is 18.9. The van der Waals surface area contributed by atoms with Crippen LogP contribution in [0.4, 0.5) is 4.39 Å². The summed E-state index contributed by atoms with van der Waals surface area (Å²) in [6.07, 6.45) is 6.05. The summed E-state index contributed by atoms with van der Waals surface area (Å²) in [6.45, 7) is 0. The van der Waals surface area contributed by atoms with Gasteiger partial charge >= 0.3 is 0 Å². The summed E-state index contributed by atoms with van der Waals surface area (Å²) in [5.41, 5.74) is 1.09. The van der Waals surface area contributed by atoms with Gasteiger partial charge in [-0.15, -0.1) is 0 Å². The normalized spacial score (nSPS) is 14.9. The van der Waals surface area contributed by atoms with E-state index in [1.807, 2.05) is 6.07 Å². The fourth-order valence-corrected chi connectivity index (χ4v) is 3.29. The number of aromatic nitrogens is 1. The molecule has 1 saturated carbocycles. The minimum Gasteiger partial charge on any atom is -0.456 e. The van der Waals surface area contributed by atoms with E-state index in [1.54, 1.807) is 54.9 Å². The zero-order chi connectivity index (χ0) is 18.7. The fraction of sp³-hybridized carbons (Fsp3) is 0.182. The summed E-state index contributed by atoms with van der Waals surface area (Å²) >= 11 is 0. The number of nitrogens with zero attached hydrogens (tertiary/aromatic N) is 1. The van der Waals surface area contributed by atoms with Crippen LogP contribution in [0.3, 0.4) is 0 Å². The number of pyridine rings is 1. The molecule has 1 heterocycles. The lowest BCUT2D eigenvalue weighted by molar-refractivity contribution is 0.0823. The second kappa shape index (κ2) is 7.19. The lowest BCUT2D eigenvalue weighted by Crippen LogP contribution is -2.50. The van der Waals surface area contributed by atoms with Crippen LogP contribution in [0, 0.1) is 5.82 Å². The van der Waals surface area contributed by atoms with E-state index in [-0.39, 0.29) is 11.7 Å². The van der Waals surface area contributed by atoms with Crippen molar-refractivity contribution in [2.24, 2.45) is 0 Å². The first kappa shape index (κ1) is 17.2. The smallest absolute Gasteiger partial charge is 0.251 e. The molecule has 4 rings (SSSR count). The van der Waals surface area contributed by atoms with E-state index in [0.29, 0.717) is 17.1 Å². The van der Waals surface area contributed by atoms with Crippen molar-refractivity contribution >= 4 is 5.91 Å². The van der Waals surface area contributed by atoms with E-state index in [4.69, 9.17) is 4.74 Å². The average molecular weight is 362 g/mol. The van der Waals surface area contributed by atoms with Crippen LogP contribution < -0.4 is 10.1 Å². The number of amides is 1. The molecule has 0 atom stereocenters. The molecule has 1 aliphatic rings. The standard InChI is InChI=1S/C22H19FN2O2/c23-18-8-6-17(7-9-18)22(12-2-13-22)25-21(26)16-4-10-19(11-5-16)27-20-3-1-14-24-15-20/h1,3-11,14-15H,2,12-13H2,(H,25,26). The Morgan fingerprint density at radius 1 is 1.00 bits per heavy atom. The maximum atomic E-state index is 13.2. The topological polar surface area (TPSA) is 51.2 Å². The summed E-state index contributed by atoms with van der Waals surface area (Å²) in [5, 5.41) is 3.14. The third-order valence-corrected chi connectivity index (χ3v) is 4.94. The summed E-state index contributed by atoms with van der Waals surface area (Å²) in [7, 11) is 0. The molecule has 2 aromatic carbocycles. The van der Waals surface area contributed by atoms with Crippen molar-refractivity contribution in [2.75, 3.05) is 0 Å². The van der Waals surface area contributed by atoms with Gasteiger partial charge in [0.2, 0.25) is 0 Å². The molecule has 1 aliphatic carbocycles. The molecule has 1 N–H and O–H groups in total. The van der Waals surface area contributed by atoms with Gasteiger partial charge in [0, 0.05) is 11.8 Å². The van der Waals surface area contributed by atoms with Gasteiger partial charge in [-0.05, 0) is 73.4 Å². The van der Waals surface area contributed by atoms with E-state index in [0.717, 1.165) is 24.8 Å². The Hall–Kier alpha value is -3.21.